The molecule has 0 radical (unpaired) electrons. The Morgan fingerprint density at radius 2 is 1.94 bits per heavy atom. The van der Waals surface area contributed by atoms with Gasteiger partial charge in [-0.15, -0.1) is 0 Å². The summed E-state index contributed by atoms with van der Waals surface area (Å²) in [5.41, 5.74) is 9.34. The second kappa shape index (κ2) is 3.95. The largest absolute Gasteiger partial charge is 0.344 e. The van der Waals surface area contributed by atoms with E-state index in [4.69, 9.17) is 10.7 Å². The molecule has 2 aromatic rings. The van der Waals surface area contributed by atoms with Gasteiger partial charge in [0.15, 0.2) is 0 Å². The van der Waals surface area contributed by atoms with Gasteiger partial charge in [0, 0.05) is 11.3 Å². The third-order valence-electron chi connectivity index (χ3n) is 3.87. The summed E-state index contributed by atoms with van der Waals surface area (Å²) in [6.45, 7) is 4.14. The molecule has 0 amide bonds. The monoisotopic (exact) mass is 241 g/mol. The van der Waals surface area contributed by atoms with Crippen molar-refractivity contribution in [3.8, 4) is 11.3 Å². The fraction of sp³-hybridized carbons (Fsp3) is 0.400. The molecule has 3 rings (SSSR count). The number of nitrogens with one attached hydrogen (secondary N) is 1. The van der Waals surface area contributed by atoms with Crippen molar-refractivity contribution >= 4 is 0 Å². The first-order valence-electron chi connectivity index (χ1n) is 6.50. The average molecular weight is 241 g/mol. The second-order valence-electron chi connectivity index (χ2n) is 5.48. The number of H-pyrrole nitrogens is 1. The van der Waals surface area contributed by atoms with E-state index in [0.29, 0.717) is 5.92 Å². The van der Waals surface area contributed by atoms with Crippen LogP contribution in [0.15, 0.2) is 30.3 Å². The van der Waals surface area contributed by atoms with Crippen molar-refractivity contribution in [2.45, 2.75) is 32.2 Å². The summed E-state index contributed by atoms with van der Waals surface area (Å²) < 4.78 is 0. The van der Waals surface area contributed by atoms with Gasteiger partial charge >= 0.3 is 0 Å². The van der Waals surface area contributed by atoms with Crippen LogP contribution in [0.4, 0.5) is 0 Å². The summed E-state index contributed by atoms with van der Waals surface area (Å²) in [5.74, 6) is 1.49. The molecule has 0 bridgehead atoms. The van der Waals surface area contributed by atoms with Gasteiger partial charge in [0.1, 0.15) is 5.82 Å². The van der Waals surface area contributed by atoms with Crippen molar-refractivity contribution in [2.75, 3.05) is 0 Å². The zero-order valence-corrected chi connectivity index (χ0v) is 10.9. The van der Waals surface area contributed by atoms with E-state index in [1.54, 1.807) is 0 Å². The Hall–Kier alpha value is -1.61. The molecule has 0 spiro atoms. The number of hydrogen-bond acceptors (Lipinski definition) is 2. The van der Waals surface area contributed by atoms with Crippen LogP contribution >= 0.6 is 0 Å². The molecule has 1 aliphatic rings. The molecule has 0 aliphatic heterocycles. The van der Waals surface area contributed by atoms with Crippen LogP contribution in [-0.2, 0) is 5.54 Å². The maximum absolute atomic E-state index is 6.41. The average Bonchev–Trinajstić information content (AvgIpc) is 3.14. The smallest absolute Gasteiger partial charge is 0.127 e. The highest BCUT2D eigenvalue weighted by Crippen LogP contribution is 2.43. The molecule has 1 atom stereocenters. The SMILES string of the molecule is Cc1[nH]c(C(C)(N)C2CC2)nc1-c1ccccc1. The van der Waals surface area contributed by atoms with Crippen LogP contribution in [0.2, 0.25) is 0 Å². The summed E-state index contributed by atoms with van der Waals surface area (Å²) in [4.78, 5) is 8.10. The van der Waals surface area contributed by atoms with Crippen LogP contribution in [-0.4, -0.2) is 9.97 Å². The lowest BCUT2D eigenvalue weighted by atomic mass is 9.97. The summed E-state index contributed by atoms with van der Waals surface area (Å²) in [6.07, 6.45) is 2.43. The van der Waals surface area contributed by atoms with Crippen molar-refractivity contribution in [1.82, 2.24) is 9.97 Å². The Bertz CT molecular complexity index is 550. The van der Waals surface area contributed by atoms with E-state index in [0.717, 1.165) is 22.8 Å². The minimum absolute atomic E-state index is 0.322. The number of aryl methyl sites for hydroxylation is 1. The van der Waals surface area contributed by atoms with Gasteiger partial charge < -0.3 is 10.7 Å². The number of nitrogens with zero attached hydrogens (tertiary/aromatic N) is 1. The third kappa shape index (κ3) is 1.85. The van der Waals surface area contributed by atoms with Crippen molar-refractivity contribution in [1.29, 1.82) is 0 Å². The van der Waals surface area contributed by atoms with E-state index in [9.17, 15) is 0 Å². The minimum Gasteiger partial charge on any atom is -0.344 e. The Labute approximate surface area is 107 Å². The molecule has 1 unspecified atom stereocenters. The molecule has 1 saturated carbocycles. The van der Waals surface area contributed by atoms with Gasteiger partial charge in [-0.1, -0.05) is 30.3 Å². The van der Waals surface area contributed by atoms with Gasteiger partial charge in [0.05, 0.1) is 11.2 Å². The van der Waals surface area contributed by atoms with Crippen LogP contribution in [0.3, 0.4) is 0 Å². The number of hydrogen-bond donors (Lipinski definition) is 2. The number of benzene rings is 1. The number of rotatable bonds is 3. The van der Waals surface area contributed by atoms with E-state index in [-0.39, 0.29) is 5.54 Å². The third-order valence-corrected chi connectivity index (χ3v) is 3.87. The highest BCUT2D eigenvalue weighted by molar-refractivity contribution is 5.61. The normalized spacial score (nSPS) is 18.6. The van der Waals surface area contributed by atoms with Crippen LogP contribution in [0, 0.1) is 12.8 Å². The first-order valence-corrected chi connectivity index (χ1v) is 6.50. The minimum atomic E-state index is -0.322. The van der Waals surface area contributed by atoms with Crippen LogP contribution in [0.1, 0.15) is 31.3 Å². The predicted molar refractivity (Wildman–Crippen MR) is 73.0 cm³/mol. The molecule has 1 heterocycles. The lowest BCUT2D eigenvalue weighted by Gasteiger charge is -2.21. The zero-order chi connectivity index (χ0) is 12.8. The molecule has 1 aliphatic carbocycles. The zero-order valence-electron chi connectivity index (χ0n) is 10.9. The van der Waals surface area contributed by atoms with E-state index < -0.39 is 0 Å². The van der Waals surface area contributed by atoms with Gasteiger partial charge in [-0.2, -0.15) is 0 Å². The Morgan fingerprint density at radius 1 is 1.28 bits per heavy atom. The fourth-order valence-corrected chi connectivity index (χ4v) is 2.47. The summed E-state index contributed by atoms with van der Waals surface area (Å²) in [5, 5.41) is 0. The van der Waals surface area contributed by atoms with Gasteiger partial charge in [-0.05, 0) is 32.6 Å². The van der Waals surface area contributed by atoms with Crippen LogP contribution < -0.4 is 5.73 Å². The Balaban J connectivity index is 2.01. The lowest BCUT2D eigenvalue weighted by Crippen LogP contribution is -2.36. The van der Waals surface area contributed by atoms with Crippen LogP contribution in [0.5, 0.6) is 0 Å². The molecule has 3 heteroatoms. The fourth-order valence-electron chi connectivity index (χ4n) is 2.47. The Morgan fingerprint density at radius 3 is 2.56 bits per heavy atom. The molecule has 1 aromatic carbocycles. The molecule has 3 N–H and O–H groups in total. The summed E-state index contributed by atoms with van der Waals surface area (Å²) >= 11 is 0. The van der Waals surface area contributed by atoms with Gasteiger partial charge in [0.25, 0.3) is 0 Å². The highest BCUT2D eigenvalue weighted by atomic mass is 15.0. The molecule has 1 fully saturated rings. The topological polar surface area (TPSA) is 54.7 Å². The second-order valence-corrected chi connectivity index (χ2v) is 5.48. The first kappa shape index (κ1) is 11.5. The van der Waals surface area contributed by atoms with E-state index in [1.807, 2.05) is 18.2 Å². The number of aromatic amines is 1. The molecular formula is C15H19N3. The maximum Gasteiger partial charge on any atom is 0.127 e. The molecule has 3 nitrogen and oxygen atoms in total. The predicted octanol–water partition coefficient (Wildman–Crippen LogP) is 2.97. The van der Waals surface area contributed by atoms with E-state index >= 15 is 0 Å². The van der Waals surface area contributed by atoms with Gasteiger partial charge in [0.2, 0.25) is 0 Å². The lowest BCUT2D eigenvalue weighted by molar-refractivity contribution is 0.404. The number of nitrogens with two attached hydrogens (primary N) is 1. The molecule has 18 heavy (non-hydrogen) atoms. The van der Waals surface area contributed by atoms with Gasteiger partial charge in [-0.3, -0.25) is 0 Å². The molecule has 0 saturated heterocycles. The molecular weight excluding hydrogens is 222 g/mol. The Kier molecular flexibility index (Phi) is 2.52. The van der Waals surface area contributed by atoms with E-state index in [2.05, 4.69) is 31.0 Å². The number of aromatic nitrogens is 2. The standard InChI is InChI=1S/C15H19N3/c1-10-13(11-6-4-3-5-7-11)18-14(17-10)15(2,16)12-8-9-12/h3-7,12H,8-9,16H2,1-2H3,(H,17,18). The summed E-state index contributed by atoms with van der Waals surface area (Å²) in [7, 11) is 0. The van der Waals surface area contributed by atoms with Crippen molar-refractivity contribution in [3.63, 3.8) is 0 Å². The molecule has 1 aromatic heterocycles. The highest BCUT2D eigenvalue weighted by Gasteiger charge is 2.42. The van der Waals surface area contributed by atoms with Crippen molar-refractivity contribution in [3.05, 3.63) is 41.9 Å². The maximum atomic E-state index is 6.41. The van der Waals surface area contributed by atoms with E-state index in [1.165, 1.54) is 12.8 Å². The number of imidazole rings is 1. The van der Waals surface area contributed by atoms with Crippen LogP contribution in [0.25, 0.3) is 11.3 Å². The summed E-state index contributed by atoms with van der Waals surface area (Å²) in [6, 6.07) is 10.2. The quantitative estimate of drug-likeness (QED) is 0.868. The molecule has 94 valence electrons. The van der Waals surface area contributed by atoms with Crippen molar-refractivity contribution < 1.29 is 0 Å². The first-order chi connectivity index (χ1) is 8.59. The van der Waals surface area contributed by atoms with Crippen molar-refractivity contribution in [2.24, 2.45) is 11.7 Å². The van der Waals surface area contributed by atoms with Gasteiger partial charge in [-0.25, -0.2) is 4.98 Å².